The summed E-state index contributed by atoms with van der Waals surface area (Å²) in [4.78, 5) is 12.4. The van der Waals surface area contributed by atoms with Crippen LogP contribution >= 0.6 is 0 Å². The first-order chi connectivity index (χ1) is 14.5. The number of nitrogens with two attached hydrogens (primary N) is 1. The van der Waals surface area contributed by atoms with E-state index >= 15 is 0 Å². The third kappa shape index (κ3) is 3.37. The molecule has 0 radical (unpaired) electrons. The van der Waals surface area contributed by atoms with Crippen LogP contribution < -0.4 is 10.5 Å². The minimum atomic E-state index is -0.501. The molecule has 0 fully saturated rings. The number of rotatable bonds is 6. The zero-order valence-corrected chi connectivity index (χ0v) is 17.2. The predicted molar refractivity (Wildman–Crippen MR) is 114 cm³/mol. The van der Waals surface area contributed by atoms with E-state index < -0.39 is 5.97 Å². The van der Waals surface area contributed by atoms with E-state index in [9.17, 15) is 4.79 Å². The van der Waals surface area contributed by atoms with Crippen molar-refractivity contribution in [3.05, 3.63) is 58.8 Å². The van der Waals surface area contributed by atoms with Crippen molar-refractivity contribution in [1.29, 1.82) is 0 Å². The molecule has 0 bridgehead atoms. The van der Waals surface area contributed by atoms with Crippen molar-refractivity contribution in [3.8, 4) is 28.1 Å². The highest BCUT2D eigenvalue weighted by Crippen LogP contribution is 2.45. The van der Waals surface area contributed by atoms with Gasteiger partial charge in [-0.05, 0) is 41.8 Å². The third-order valence-corrected chi connectivity index (χ3v) is 5.35. The Morgan fingerprint density at radius 2 is 1.93 bits per heavy atom. The van der Waals surface area contributed by atoms with E-state index in [0.717, 1.165) is 39.1 Å². The minimum Gasteiger partial charge on any atom is -0.491 e. The monoisotopic (exact) mass is 405 g/mol. The molecule has 0 aliphatic heterocycles. The molecule has 2 N–H and O–H groups in total. The number of benzene rings is 2. The standard InChI is InChI=1S/C23H23N3O4/c1-13-16(5-4-6-19(13)24)21-20-17-8-7-15(30-10-9-28-2)11-14(17)12-18(20)22(26-25-21)23(27)29-3/h4-8,11H,9-10,12,24H2,1-3H3. The largest absolute Gasteiger partial charge is 0.491 e. The van der Waals surface area contributed by atoms with Crippen LogP contribution in [-0.4, -0.2) is 43.6 Å². The molecule has 7 heteroatoms. The number of anilines is 1. The average Bonchev–Trinajstić information content (AvgIpc) is 3.13. The number of methoxy groups -OCH3 is 2. The summed E-state index contributed by atoms with van der Waals surface area (Å²) in [6, 6.07) is 11.6. The van der Waals surface area contributed by atoms with Crippen molar-refractivity contribution in [1.82, 2.24) is 10.2 Å². The molecule has 4 rings (SSSR count). The quantitative estimate of drug-likeness (QED) is 0.298. The molecule has 0 saturated heterocycles. The van der Waals surface area contributed by atoms with Gasteiger partial charge in [0.05, 0.1) is 13.7 Å². The van der Waals surface area contributed by atoms with Crippen molar-refractivity contribution in [2.45, 2.75) is 13.3 Å². The van der Waals surface area contributed by atoms with Gasteiger partial charge in [-0.15, -0.1) is 10.2 Å². The van der Waals surface area contributed by atoms with Gasteiger partial charge in [0.1, 0.15) is 18.1 Å². The lowest BCUT2D eigenvalue weighted by molar-refractivity contribution is 0.0591. The molecule has 1 heterocycles. The maximum atomic E-state index is 12.4. The molecule has 3 aromatic rings. The van der Waals surface area contributed by atoms with Gasteiger partial charge in [-0.3, -0.25) is 0 Å². The van der Waals surface area contributed by atoms with Crippen LogP contribution in [0.25, 0.3) is 22.4 Å². The Hall–Kier alpha value is -3.45. The summed E-state index contributed by atoms with van der Waals surface area (Å²) in [6.07, 6.45) is 0.542. The summed E-state index contributed by atoms with van der Waals surface area (Å²) < 4.78 is 15.7. The first-order valence-corrected chi connectivity index (χ1v) is 9.63. The van der Waals surface area contributed by atoms with Gasteiger partial charge in [0.2, 0.25) is 0 Å². The Bertz CT molecular complexity index is 1130. The molecular formula is C23H23N3O4. The van der Waals surface area contributed by atoms with Crippen LogP contribution in [0.3, 0.4) is 0 Å². The van der Waals surface area contributed by atoms with Crippen LogP contribution in [0.1, 0.15) is 27.2 Å². The highest BCUT2D eigenvalue weighted by Gasteiger charge is 2.30. The topological polar surface area (TPSA) is 96.6 Å². The van der Waals surface area contributed by atoms with Gasteiger partial charge in [0, 0.05) is 35.9 Å². The molecule has 1 aliphatic carbocycles. The maximum absolute atomic E-state index is 12.4. The Morgan fingerprint density at radius 1 is 1.10 bits per heavy atom. The molecule has 7 nitrogen and oxygen atoms in total. The van der Waals surface area contributed by atoms with Crippen molar-refractivity contribution >= 4 is 11.7 Å². The molecule has 0 unspecified atom stereocenters. The lowest BCUT2D eigenvalue weighted by Crippen LogP contribution is -2.11. The fourth-order valence-electron chi connectivity index (χ4n) is 3.78. The zero-order chi connectivity index (χ0) is 21.3. The van der Waals surface area contributed by atoms with Gasteiger partial charge < -0.3 is 19.9 Å². The van der Waals surface area contributed by atoms with Gasteiger partial charge >= 0.3 is 5.97 Å². The number of carbonyl (C=O) groups excluding carboxylic acids is 1. The van der Waals surface area contributed by atoms with Gasteiger partial charge in [0.15, 0.2) is 5.69 Å². The molecule has 0 amide bonds. The SMILES string of the molecule is COCCOc1ccc2c(c1)Cc1c(C(=O)OC)nnc(-c3cccc(N)c3C)c1-2. The second-order valence-corrected chi connectivity index (χ2v) is 7.10. The summed E-state index contributed by atoms with van der Waals surface area (Å²) in [7, 11) is 2.98. The zero-order valence-electron chi connectivity index (χ0n) is 17.2. The molecule has 154 valence electrons. The number of carbonyl (C=O) groups is 1. The summed E-state index contributed by atoms with van der Waals surface area (Å²) in [6.45, 7) is 2.93. The van der Waals surface area contributed by atoms with E-state index in [-0.39, 0.29) is 5.69 Å². The highest BCUT2D eigenvalue weighted by molar-refractivity contribution is 5.97. The second kappa shape index (κ2) is 8.12. The van der Waals surface area contributed by atoms with Crippen LogP contribution in [0, 0.1) is 6.92 Å². The average molecular weight is 405 g/mol. The van der Waals surface area contributed by atoms with E-state index in [0.29, 0.717) is 31.0 Å². The number of ether oxygens (including phenoxy) is 3. The van der Waals surface area contributed by atoms with E-state index in [1.54, 1.807) is 7.11 Å². The minimum absolute atomic E-state index is 0.232. The van der Waals surface area contributed by atoms with E-state index in [1.165, 1.54) is 7.11 Å². The van der Waals surface area contributed by atoms with Crippen LogP contribution in [0.15, 0.2) is 36.4 Å². The normalized spacial score (nSPS) is 11.7. The van der Waals surface area contributed by atoms with Crippen molar-refractivity contribution in [3.63, 3.8) is 0 Å². The van der Waals surface area contributed by atoms with Crippen LogP contribution in [0.4, 0.5) is 5.69 Å². The highest BCUT2D eigenvalue weighted by atomic mass is 16.5. The Labute approximate surface area is 174 Å². The van der Waals surface area contributed by atoms with E-state index in [1.807, 2.05) is 43.3 Å². The van der Waals surface area contributed by atoms with E-state index in [2.05, 4.69) is 10.2 Å². The Morgan fingerprint density at radius 3 is 2.70 bits per heavy atom. The lowest BCUT2D eigenvalue weighted by atomic mass is 9.95. The number of nitrogens with zero attached hydrogens (tertiary/aromatic N) is 2. The molecule has 2 aromatic carbocycles. The molecular weight excluding hydrogens is 382 g/mol. The van der Waals surface area contributed by atoms with Crippen LogP contribution in [-0.2, 0) is 15.9 Å². The fourth-order valence-corrected chi connectivity index (χ4v) is 3.78. The second-order valence-electron chi connectivity index (χ2n) is 7.10. The lowest BCUT2D eigenvalue weighted by Gasteiger charge is -2.14. The molecule has 0 atom stereocenters. The number of nitrogen functional groups attached to an aromatic ring is 1. The third-order valence-electron chi connectivity index (χ3n) is 5.35. The van der Waals surface area contributed by atoms with E-state index in [4.69, 9.17) is 19.9 Å². The van der Waals surface area contributed by atoms with Crippen molar-refractivity contribution < 1.29 is 19.0 Å². The van der Waals surface area contributed by atoms with Gasteiger partial charge in [0.25, 0.3) is 0 Å². The fraction of sp³-hybridized carbons (Fsp3) is 0.261. The van der Waals surface area contributed by atoms with Gasteiger partial charge in [-0.1, -0.05) is 18.2 Å². The summed E-state index contributed by atoms with van der Waals surface area (Å²) >= 11 is 0. The molecule has 0 spiro atoms. The first kappa shape index (κ1) is 19.8. The van der Waals surface area contributed by atoms with Gasteiger partial charge in [-0.25, -0.2) is 4.79 Å². The Balaban J connectivity index is 1.87. The molecule has 1 aliphatic rings. The summed E-state index contributed by atoms with van der Waals surface area (Å²) in [5, 5.41) is 8.64. The maximum Gasteiger partial charge on any atom is 0.358 e. The first-order valence-electron chi connectivity index (χ1n) is 9.63. The predicted octanol–water partition coefficient (Wildman–Crippen LogP) is 3.42. The summed E-state index contributed by atoms with van der Waals surface area (Å²) in [5.41, 5.74) is 13.3. The molecule has 1 aromatic heterocycles. The summed E-state index contributed by atoms with van der Waals surface area (Å²) in [5.74, 6) is 0.250. The van der Waals surface area contributed by atoms with Crippen molar-refractivity contribution in [2.24, 2.45) is 0 Å². The number of hydrogen-bond acceptors (Lipinski definition) is 7. The Kier molecular flexibility index (Phi) is 5.37. The smallest absolute Gasteiger partial charge is 0.358 e. The molecule has 0 saturated carbocycles. The molecule has 30 heavy (non-hydrogen) atoms. The van der Waals surface area contributed by atoms with Crippen LogP contribution in [0.5, 0.6) is 5.75 Å². The number of fused-ring (bicyclic) bond motifs is 3. The van der Waals surface area contributed by atoms with Crippen LogP contribution in [0.2, 0.25) is 0 Å². The number of esters is 1. The van der Waals surface area contributed by atoms with Crippen molar-refractivity contribution in [2.75, 3.05) is 33.2 Å². The number of hydrogen-bond donors (Lipinski definition) is 1. The van der Waals surface area contributed by atoms with Gasteiger partial charge in [-0.2, -0.15) is 0 Å². The number of aromatic nitrogens is 2.